The Bertz CT molecular complexity index is 1670. The first-order valence-electron chi connectivity index (χ1n) is 13.5. The second-order valence-corrected chi connectivity index (χ2v) is 10.7. The largest absolute Gasteiger partial charge is 0.480 e. The molecule has 4 aromatic rings. The van der Waals surface area contributed by atoms with Gasteiger partial charge in [-0.1, -0.05) is 24.3 Å². The molecule has 3 aromatic heterocycles. The molecule has 0 spiro atoms. The summed E-state index contributed by atoms with van der Waals surface area (Å²) in [5.41, 5.74) is 1.22. The summed E-state index contributed by atoms with van der Waals surface area (Å²) in [7, 11) is 2.90. The van der Waals surface area contributed by atoms with E-state index in [9.17, 15) is 31.4 Å². The molecule has 16 heteroatoms. The van der Waals surface area contributed by atoms with E-state index in [1.807, 2.05) is 0 Å². The van der Waals surface area contributed by atoms with Crippen molar-refractivity contribution < 1.29 is 36.2 Å². The highest BCUT2D eigenvalue weighted by Gasteiger charge is 2.40. The lowest BCUT2D eigenvalue weighted by Crippen LogP contribution is -2.52. The lowest BCUT2D eigenvalue weighted by Gasteiger charge is -2.41. The van der Waals surface area contributed by atoms with Crippen LogP contribution in [0.25, 0.3) is 22.8 Å². The van der Waals surface area contributed by atoms with Crippen LogP contribution in [0.5, 0.6) is 5.88 Å². The smallest absolute Gasteiger partial charge is 0.434 e. The molecule has 1 atom stereocenters. The van der Waals surface area contributed by atoms with E-state index in [1.165, 1.54) is 31.2 Å². The van der Waals surface area contributed by atoms with Crippen molar-refractivity contribution in [3.63, 3.8) is 0 Å². The molecular weight excluding hydrogens is 594 g/mol. The minimum Gasteiger partial charge on any atom is -0.480 e. The maximum atomic E-state index is 13.5. The summed E-state index contributed by atoms with van der Waals surface area (Å²) in [6.07, 6.45) is -5.40. The minimum atomic E-state index is -4.61. The molecule has 232 valence electrons. The molecule has 1 N–H and O–H groups in total. The third kappa shape index (κ3) is 5.85. The fourth-order valence-corrected chi connectivity index (χ4v) is 5.25. The van der Waals surface area contributed by atoms with Crippen LogP contribution >= 0.6 is 0 Å². The summed E-state index contributed by atoms with van der Waals surface area (Å²) in [6.45, 7) is -1.51. The van der Waals surface area contributed by atoms with Gasteiger partial charge in [-0.2, -0.15) is 26.3 Å². The average molecular weight is 621 g/mol. The quantitative estimate of drug-likeness (QED) is 0.288. The molecule has 2 aliphatic rings. The number of methoxy groups -OCH3 is 1. The monoisotopic (exact) mass is 620 g/mol. The molecule has 1 saturated carbocycles. The van der Waals surface area contributed by atoms with Crippen molar-refractivity contribution in [1.29, 1.82) is 0 Å². The number of β-amino-alcohol motifs (C(OH)–C–C–N with tert-alkyl or cyclic N) is 1. The highest BCUT2D eigenvalue weighted by molar-refractivity contribution is 5.74. The molecule has 0 bridgehead atoms. The van der Waals surface area contributed by atoms with E-state index in [0.717, 1.165) is 23.9 Å². The Morgan fingerprint density at radius 2 is 1.73 bits per heavy atom. The number of hydrogen-bond acceptors (Lipinski definition) is 9. The number of aliphatic hydroxyl groups is 1. The van der Waals surface area contributed by atoms with Crippen LogP contribution < -0.4 is 14.5 Å². The summed E-state index contributed by atoms with van der Waals surface area (Å²) < 4.78 is 86.7. The summed E-state index contributed by atoms with van der Waals surface area (Å²) in [4.78, 5) is 23.8. The topological polar surface area (TPSA) is 105 Å². The van der Waals surface area contributed by atoms with Crippen molar-refractivity contribution in [3.05, 3.63) is 59.9 Å². The van der Waals surface area contributed by atoms with Gasteiger partial charge in [0.25, 0.3) is 0 Å². The van der Waals surface area contributed by atoms with Gasteiger partial charge < -0.3 is 24.2 Å². The Kier molecular flexibility index (Phi) is 7.34. The van der Waals surface area contributed by atoms with Crippen LogP contribution in [-0.2, 0) is 19.8 Å². The Balaban J connectivity index is 1.36. The molecule has 1 aliphatic heterocycles. The van der Waals surface area contributed by atoms with E-state index < -0.39 is 30.8 Å². The van der Waals surface area contributed by atoms with E-state index >= 15 is 0 Å². The maximum absolute atomic E-state index is 13.5. The number of rotatable bonds is 7. The van der Waals surface area contributed by atoms with E-state index in [0.29, 0.717) is 22.4 Å². The Hall–Kier alpha value is -4.47. The van der Waals surface area contributed by atoms with E-state index in [2.05, 4.69) is 24.9 Å². The summed E-state index contributed by atoms with van der Waals surface area (Å²) in [5, 5.41) is 10.8. The van der Waals surface area contributed by atoms with Gasteiger partial charge >= 0.3 is 12.4 Å². The first-order chi connectivity index (χ1) is 20.8. The Labute approximate surface area is 247 Å². The zero-order valence-corrected chi connectivity index (χ0v) is 23.4. The molecule has 1 aromatic carbocycles. The van der Waals surface area contributed by atoms with Crippen LogP contribution in [0.2, 0.25) is 0 Å². The van der Waals surface area contributed by atoms with E-state index in [1.54, 1.807) is 29.2 Å². The second-order valence-electron chi connectivity index (χ2n) is 10.7. The molecule has 0 radical (unpaired) electrons. The van der Waals surface area contributed by atoms with Crippen LogP contribution in [0, 0.1) is 0 Å². The molecule has 1 aliphatic carbocycles. The summed E-state index contributed by atoms with van der Waals surface area (Å²) in [6, 6.07) is 6.56. The molecule has 0 amide bonds. The van der Waals surface area contributed by atoms with Crippen LogP contribution in [0.1, 0.15) is 35.7 Å². The van der Waals surface area contributed by atoms with Gasteiger partial charge in [0.2, 0.25) is 5.88 Å². The van der Waals surface area contributed by atoms with Crippen LogP contribution in [0.4, 0.5) is 37.8 Å². The fourth-order valence-electron chi connectivity index (χ4n) is 5.25. The molecule has 4 heterocycles. The van der Waals surface area contributed by atoms with Crippen molar-refractivity contribution >= 4 is 11.5 Å². The number of benzene rings is 1. The lowest BCUT2D eigenvalue weighted by molar-refractivity contribution is -0.140. The third-order valence-electron chi connectivity index (χ3n) is 7.43. The van der Waals surface area contributed by atoms with Gasteiger partial charge in [-0.25, -0.2) is 24.9 Å². The highest BCUT2D eigenvalue weighted by Crippen LogP contribution is 2.46. The minimum absolute atomic E-state index is 0.0158. The predicted molar refractivity (Wildman–Crippen MR) is 146 cm³/mol. The molecular formula is C28H26F6N8O2. The number of aryl methyl sites for hydroxylation is 1. The van der Waals surface area contributed by atoms with Gasteiger partial charge in [0.15, 0.2) is 17.3 Å². The lowest BCUT2D eigenvalue weighted by atomic mass is 10.1. The fraction of sp³-hybridized carbons (Fsp3) is 0.393. The number of aliphatic hydroxyl groups excluding tert-OH is 1. The number of halogens is 6. The zero-order valence-electron chi connectivity index (χ0n) is 23.4. The van der Waals surface area contributed by atoms with Gasteiger partial charge in [0.1, 0.15) is 36.2 Å². The second kappa shape index (κ2) is 10.9. The molecule has 1 unspecified atom stereocenters. The zero-order chi connectivity index (χ0) is 31.4. The van der Waals surface area contributed by atoms with Crippen molar-refractivity contribution in [1.82, 2.24) is 29.5 Å². The molecule has 0 saturated heterocycles. The highest BCUT2D eigenvalue weighted by atomic mass is 19.4. The maximum Gasteiger partial charge on any atom is 0.434 e. The van der Waals surface area contributed by atoms with Crippen molar-refractivity contribution in [2.45, 2.75) is 43.9 Å². The van der Waals surface area contributed by atoms with Gasteiger partial charge in [-0.05, 0) is 18.4 Å². The summed E-state index contributed by atoms with van der Waals surface area (Å²) >= 11 is 0. The SMILES string of the molecule is COc1ncnc(C2CC2)c1-c1ncc2c(n1)N(Cc1ccc(-c3nc(C(F)(F)F)cn3C)cc1)CC(O)N2CC(F)(F)F. The Morgan fingerprint density at radius 3 is 2.34 bits per heavy atom. The van der Waals surface area contributed by atoms with E-state index in [4.69, 9.17) is 4.74 Å². The number of hydrogen-bond donors (Lipinski definition) is 1. The molecule has 10 nitrogen and oxygen atoms in total. The van der Waals surface area contributed by atoms with Crippen molar-refractivity contribution in [2.75, 3.05) is 30.0 Å². The summed E-state index contributed by atoms with van der Waals surface area (Å²) in [5.74, 6) is 0.830. The van der Waals surface area contributed by atoms with Crippen LogP contribution in [0.15, 0.2) is 43.0 Å². The number of nitrogens with zero attached hydrogens (tertiary/aromatic N) is 8. The van der Waals surface area contributed by atoms with Gasteiger partial charge in [0.05, 0.1) is 25.5 Å². The number of aromatic nitrogens is 6. The molecule has 6 rings (SSSR count). The van der Waals surface area contributed by atoms with Crippen molar-refractivity contribution in [2.24, 2.45) is 7.05 Å². The normalized spacial score (nSPS) is 17.2. The number of ether oxygens (including phenoxy) is 1. The van der Waals surface area contributed by atoms with Gasteiger partial charge in [0, 0.05) is 31.3 Å². The first-order valence-corrected chi connectivity index (χ1v) is 13.5. The molecule has 1 fully saturated rings. The number of imidazole rings is 1. The van der Waals surface area contributed by atoms with Crippen LogP contribution in [-0.4, -0.2) is 67.2 Å². The Morgan fingerprint density at radius 1 is 1.00 bits per heavy atom. The third-order valence-corrected chi connectivity index (χ3v) is 7.43. The number of alkyl halides is 6. The van der Waals surface area contributed by atoms with Crippen LogP contribution in [0.3, 0.4) is 0 Å². The standard InChI is InChI=1S/C28H26F6N8O2/c1-40-11-19(28(32,33)34)38-24(40)17-5-3-15(4-6-17)10-41-12-20(43)42(13-27(29,30)31)18-9-35-23(39-25(18)41)21-22(16-7-8-16)36-14-37-26(21)44-2/h3-6,9,11,14,16,20,43H,7-8,10,12-13H2,1-2H3. The predicted octanol–water partition coefficient (Wildman–Crippen LogP) is 4.95. The first kappa shape index (κ1) is 29.6. The number of anilines is 2. The average Bonchev–Trinajstić information content (AvgIpc) is 3.74. The van der Waals surface area contributed by atoms with Crippen molar-refractivity contribution in [3.8, 4) is 28.7 Å². The van der Waals surface area contributed by atoms with Gasteiger partial charge in [-0.15, -0.1) is 0 Å². The molecule has 44 heavy (non-hydrogen) atoms. The number of fused-ring (bicyclic) bond motifs is 1. The van der Waals surface area contributed by atoms with Gasteiger partial charge in [-0.3, -0.25) is 0 Å². The van der Waals surface area contributed by atoms with E-state index in [-0.39, 0.29) is 48.0 Å².